The van der Waals surface area contributed by atoms with Crippen molar-refractivity contribution in [2.75, 3.05) is 21.1 Å². The van der Waals surface area contributed by atoms with E-state index in [0.717, 1.165) is 21.1 Å². The maximum atomic E-state index is 12.5. The van der Waals surface area contributed by atoms with Crippen LogP contribution in [0.5, 0.6) is 0 Å². The first-order chi connectivity index (χ1) is 12.2. The molecule has 0 spiro atoms. The number of sulfonamides is 1. The Kier molecular flexibility index (Phi) is 6.76. The molecule has 0 fully saturated rings. The van der Waals surface area contributed by atoms with Crippen LogP contribution in [-0.4, -0.2) is 38.8 Å². The van der Waals surface area contributed by atoms with Crippen LogP contribution in [0.15, 0.2) is 58.8 Å². The number of hydrogen-bond acceptors (Lipinski definition) is 4. The molecule has 3 rings (SSSR count). The maximum absolute atomic E-state index is 12.5. The van der Waals surface area contributed by atoms with Crippen molar-refractivity contribution in [2.24, 2.45) is 0 Å². The lowest BCUT2D eigenvalue weighted by molar-refractivity contribution is 0.468. The highest BCUT2D eigenvalue weighted by atomic mass is 35.5. The third-order valence-corrected chi connectivity index (χ3v) is 8.12. The zero-order chi connectivity index (χ0) is 19.1. The quantitative estimate of drug-likeness (QED) is 0.760. The molecule has 1 aliphatic heterocycles. The van der Waals surface area contributed by atoms with Crippen molar-refractivity contribution < 1.29 is 8.42 Å². The minimum atomic E-state index is -3.65. The molecule has 0 radical (unpaired) electrons. The van der Waals surface area contributed by atoms with Gasteiger partial charge in [-0.25, -0.2) is 12.7 Å². The lowest BCUT2D eigenvalue weighted by atomic mass is 10.1. The first kappa shape index (κ1) is 21.9. The second kappa shape index (κ2) is 8.32. The van der Waals surface area contributed by atoms with Crippen molar-refractivity contribution in [3.05, 3.63) is 70.1 Å². The number of rotatable bonds is 4. The van der Waals surface area contributed by atoms with Crippen molar-refractivity contribution in [1.82, 2.24) is 9.21 Å². The van der Waals surface area contributed by atoms with Crippen molar-refractivity contribution in [2.45, 2.75) is 10.3 Å². The lowest BCUT2D eigenvalue weighted by Crippen LogP contribution is -2.23. The zero-order valence-electron chi connectivity index (χ0n) is 15.1. The topological polar surface area (TPSA) is 64.5 Å². The van der Waals surface area contributed by atoms with Crippen LogP contribution in [0.4, 0.5) is 0 Å². The molecule has 0 saturated heterocycles. The van der Waals surface area contributed by atoms with Crippen molar-refractivity contribution in [1.29, 1.82) is 4.78 Å². The van der Waals surface area contributed by atoms with Crippen LogP contribution >= 0.6 is 24.0 Å². The van der Waals surface area contributed by atoms with Gasteiger partial charge in [-0.15, -0.1) is 12.4 Å². The van der Waals surface area contributed by atoms with Gasteiger partial charge in [0.1, 0.15) is 10.3 Å². The number of nitrogens with one attached hydrogen (secondary N) is 1. The Morgan fingerprint density at radius 3 is 2.37 bits per heavy atom. The van der Waals surface area contributed by atoms with E-state index in [0.29, 0.717) is 0 Å². The molecule has 0 bridgehead atoms. The van der Waals surface area contributed by atoms with Gasteiger partial charge in [0.05, 0.1) is 10.7 Å². The van der Waals surface area contributed by atoms with Crippen LogP contribution in [0.25, 0.3) is 5.70 Å². The number of halogens is 2. The second-order valence-corrected chi connectivity index (χ2v) is 10.1. The SMILES string of the molecule is CN1C(c2ccc(Cl)c(S(=O)(=O)N(C)C)c2)=CS(=N)C1c1ccccc1.Cl. The van der Waals surface area contributed by atoms with Gasteiger partial charge in [0, 0.05) is 26.6 Å². The highest BCUT2D eigenvalue weighted by Gasteiger charge is 2.30. The molecule has 0 aromatic heterocycles. The average molecular weight is 446 g/mol. The van der Waals surface area contributed by atoms with Crippen molar-refractivity contribution in [3.63, 3.8) is 0 Å². The summed E-state index contributed by atoms with van der Waals surface area (Å²) in [6, 6.07) is 14.9. The minimum absolute atomic E-state index is 0. The van der Waals surface area contributed by atoms with Gasteiger partial charge in [-0.3, -0.25) is 4.78 Å². The summed E-state index contributed by atoms with van der Waals surface area (Å²) in [6.45, 7) is 0. The van der Waals surface area contributed by atoms with Crippen LogP contribution in [-0.2, 0) is 20.7 Å². The van der Waals surface area contributed by atoms with E-state index >= 15 is 0 Å². The van der Waals surface area contributed by atoms with Gasteiger partial charge in [0.15, 0.2) is 0 Å². The molecule has 27 heavy (non-hydrogen) atoms. The molecule has 1 aliphatic rings. The normalized spacial score (nSPS) is 19.7. The third kappa shape index (κ3) is 4.07. The summed E-state index contributed by atoms with van der Waals surface area (Å²) >= 11 is 6.15. The Morgan fingerprint density at radius 1 is 1.15 bits per heavy atom. The summed E-state index contributed by atoms with van der Waals surface area (Å²) in [5, 5.41) is 1.98. The lowest BCUT2D eigenvalue weighted by Gasteiger charge is -2.26. The summed E-state index contributed by atoms with van der Waals surface area (Å²) in [5.74, 6) is 0. The van der Waals surface area contributed by atoms with E-state index in [9.17, 15) is 8.42 Å². The molecular formula is C18H21Cl2N3O2S2. The first-order valence-corrected chi connectivity index (χ1v) is 11.1. The Morgan fingerprint density at radius 2 is 1.78 bits per heavy atom. The summed E-state index contributed by atoms with van der Waals surface area (Å²) < 4.78 is 34.7. The van der Waals surface area contributed by atoms with Crippen molar-refractivity contribution >= 4 is 50.4 Å². The predicted molar refractivity (Wildman–Crippen MR) is 115 cm³/mol. The monoisotopic (exact) mass is 445 g/mol. The molecule has 2 aromatic rings. The highest BCUT2D eigenvalue weighted by Crippen LogP contribution is 2.39. The number of nitrogens with zero attached hydrogens (tertiary/aromatic N) is 2. The molecule has 146 valence electrons. The summed E-state index contributed by atoms with van der Waals surface area (Å²) in [6.07, 6.45) is 0. The van der Waals surface area contributed by atoms with Gasteiger partial charge in [-0.2, -0.15) is 0 Å². The molecule has 0 saturated carbocycles. The molecule has 0 amide bonds. The van der Waals surface area contributed by atoms with Gasteiger partial charge in [-0.05, 0) is 23.3 Å². The molecular weight excluding hydrogens is 425 g/mol. The van der Waals surface area contributed by atoms with E-state index < -0.39 is 20.7 Å². The van der Waals surface area contributed by atoms with Gasteiger partial charge >= 0.3 is 0 Å². The molecule has 5 nitrogen and oxygen atoms in total. The standard InChI is InChI=1S/C18H20ClN3O2S2.ClH/c1-21(2)26(23,24)17-11-14(9-10-15(17)19)16-12-25(20)18(22(16)3)13-7-5-4-6-8-13;/h4-12,18,20H,1-3H3;1H. The van der Waals surface area contributed by atoms with E-state index in [4.69, 9.17) is 16.4 Å². The van der Waals surface area contributed by atoms with Crippen LogP contribution in [0.2, 0.25) is 5.02 Å². The summed E-state index contributed by atoms with van der Waals surface area (Å²) in [4.78, 5) is 2.10. The fraction of sp³-hybridized carbons (Fsp3) is 0.222. The Bertz CT molecular complexity index is 993. The van der Waals surface area contributed by atoms with Gasteiger partial charge < -0.3 is 4.90 Å². The fourth-order valence-corrected chi connectivity index (χ4v) is 5.85. The van der Waals surface area contributed by atoms with E-state index in [1.165, 1.54) is 14.1 Å². The van der Waals surface area contributed by atoms with E-state index in [1.807, 2.05) is 47.7 Å². The molecule has 1 N–H and O–H groups in total. The highest BCUT2D eigenvalue weighted by molar-refractivity contribution is 7.89. The van der Waals surface area contributed by atoms with E-state index in [-0.39, 0.29) is 27.7 Å². The molecule has 2 unspecified atom stereocenters. The summed E-state index contributed by atoms with van der Waals surface area (Å²) in [5.41, 5.74) is 2.64. The Balaban J connectivity index is 0.00000261. The van der Waals surface area contributed by atoms with Crippen LogP contribution in [0.1, 0.15) is 16.5 Å². The maximum Gasteiger partial charge on any atom is 0.244 e. The number of benzene rings is 2. The van der Waals surface area contributed by atoms with Crippen molar-refractivity contribution in [3.8, 4) is 0 Å². The first-order valence-electron chi connectivity index (χ1n) is 7.88. The smallest absolute Gasteiger partial charge is 0.244 e. The molecule has 2 atom stereocenters. The predicted octanol–water partition coefficient (Wildman–Crippen LogP) is 4.34. The second-order valence-electron chi connectivity index (χ2n) is 6.18. The summed E-state index contributed by atoms with van der Waals surface area (Å²) in [7, 11) is 0.498. The average Bonchev–Trinajstić information content (AvgIpc) is 2.90. The molecule has 1 heterocycles. The van der Waals surface area contributed by atoms with Crippen LogP contribution in [0, 0.1) is 4.78 Å². The van der Waals surface area contributed by atoms with Crippen LogP contribution < -0.4 is 0 Å². The Hall–Kier alpha value is -1.38. The van der Waals surface area contributed by atoms with E-state index in [2.05, 4.69) is 0 Å². The van der Waals surface area contributed by atoms with Crippen LogP contribution in [0.3, 0.4) is 0 Å². The van der Waals surface area contributed by atoms with Gasteiger partial charge in [0.2, 0.25) is 10.0 Å². The van der Waals surface area contributed by atoms with Gasteiger partial charge in [0.25, 0.3) is 0 Å². The largest absolute Gasteiger partial charge is 0.357 e. The molecule has 2 aromatic carbocycles. The Labute approximate surface area is 174 Å². The van der Waals surface area contributed by atoms with E-state index in [1.54, 1.807) is 18.2 Å². The minimum Gasteiger partial charge on any atom is -0.357 e. The fourth-order valence-electron chi connectivity index (χ4n) is 2.88. The molecule has 9 heteroatoms. The zero-order valence-corrected chi connectivity index (χ0v) is 18.3. The third-order valence-electron chi connectivity index (χ3n) is 4.28. The molecule has 0 aliphatic carbocycles. The number of hydrogen-bond donors (Lipinski definition) is 1. The van der Waals surface area contributed by atoms with Gasteiger partial charge in [-0.1, -0.05) is 58.7 Å².